The minimum Gasteiger partial charge on any atom is -0.383 e. The van der Waals surface area contributed by atoms with Gasteiger partial charge in [-0.3, -0.25) is 0 Å². The molecule has 0 saturated heterocycles. The van der Waals surface area contributed by atoms with Crippen LogP contribution in [0.4, 0.5) is 15.9 Å². The zero-order valence-corrected chi connectivity index (χ0v) is 16.9. The standard InChI is InChI=1S/C23H29FN4/c1-4-17-13-19(24)8-7-18(17)15-28(5-2)23-14-22(26-11-10-25)20-12-16(3)6-9-21(20)27-23/h6-9,12-14H,4-5,10-11,15,25H2,1-3H3,(H,26,27). The van der Waals surface area contributed by atoms with Gasteiger partial charge in [0, 0.05) is 43.3 Å². The van der Waals surface area contributed by atoms with E-state index in [2.05, 4.69) is 55.3 Å². The molecule has 0 bridgehead atoms. The topological polar surface area (TPSA) is 54.2 Å². The zero-order valence-electron chi connectivity index (χ0n) is 16.9. The normalized spacial score (nSPS) is 11.0. The van der Waals surface area contributed by atoms with Crippen LogP contribution in [0.25, 0.3) is 10.9 Å². The van der Waals surface area contributed by atoms with E-state index in [4.69, 9.17) is 10.7 Å². The average molecular weight is 381 g/mol. The molecular formula is C23H29FN4. The van der Waals surface area contributed by atoms with E-state index in [1.165, 1.54) is 11.6 Å². The maximum Gasteiger partial charge on any atom is 0.131 e. The van der Waals surface area contributed by atoms with E-state index in [0.717, 1.165) is 46.5 Å². The number of nitrogens with zero attached hydrogens (tertiary/aromatic N) is 2. The van der Waals surface area contributed by atoms with Gasteiger partial charge < -0.3 is 16.0 Å². The number of aryl methyl sites for hydroxylation is 2. The van der Waals surface area contributed by atoms with Gasteiger partial charge in [-0.2, -0.15) is 0 Å². The smallest absolute Gasteiger partial charge is 0.131 e. The second-order valence-electron chi connectivity index (χ2n) is 7.04. The Hall–Kier alpha value is -2.66. The minimum absolute atomic E-state index is 0.184. The highest BCUT2D eigenvalue weighted by Gasteiger charge is 2.13. The van der Waals surface area contributed by atoms with Gasteiger partial charge in [-0.1, -0.05) is 24.6 Å². The minimum atomic E-state index is -0.184. The first-order chi connectivity index (χ1) is 13.5. The fourth-order valence-electron chi connectivity index (χ4n) is 3.48. The van der Waals surface area contributed by atoms with Crippen molar-refractivity contribution < 1.29 is 4.39 Å². The summed E-state index contributed by atoms with van der Waals surface area (Å²) in [5.41, 5.74) is 11.1. The Morgan fingerprint density at radius 3 is 2.61 bits per heavy atom. The lowest BCUT2D eigenvalue weighted by Crippen LogP contribution is -2.24. The number of aromatic nitrogens is 1. The van der Waals surface area contributed by atoms with Gasteiger partial charge in [-0.25, -0.2) is 9.37 Å². The van der Waals surface area contributed by atoms with Crippen LogP contribution in [0, 0.1) is 12.7 Å². The number of anilines is 2. The number of hydrogen-bond acceptors (Lipinski definition) is 4. The van der Waals surface area contributed by atoms with E-state index >= 15 is 0 Å². The highest BCUT2D eigenvalue weighted by molar-refractivity contribution is 5.93. The van der Waals surface area contributed by atoms with Crippen molar-refractivity contribution in [1.82, 2.24) is 4.98 Å². The van der Waals surface area contributed by atoms with Crippen molar-refractivity contribution in [2.75, 3.05) is 29.9 Å². The Morgan fingerprint density at radius 1 is 1.07 bits per heavy atom. The molecule has 2 aromatic carbocycles. The molecule has 3 rings (SSSR count). The summed E-state index contributed by atoms with van der Waals surface area (Å²) in [5.74, 6) is 0.723. The van der Waals surface area contributed by atoms with Crippen LogP contribution in [-0.4, -0.2) is 24.6 Å². The Balaban J connectivity index is 2.01. The summed E-state index contributed by atoms with van der Waals surface area (Å²) in [7, 11) is 0. The number of nitrogens with two attached hydrogens (primary N) is 1. The first-order valence-corrected chi connectivity index (χ1v) is 9.93. The summed E-state index contributed by atoms with van der Waals surface area (Å²) in [4.78, 5) is 7.13. The molecule has 0 spiro atoms. The van der Waals surface area contributed by atoms with Crippen LogP contribution in [0.1, 0.15) is 30.5 Å². The lowest BCUT2D eigenvalue weighted by molar-refractivity contribution is 0.624. The summed E-state index contributed by atoms with van der Waals surface area (Å²) < 4.78 is 13.6. The van der Waals surface area contributed by atoms with E-state index in [9.17, 15) is 4.39 Å². The van der Waals surface area contributed by atoms with Crippen molar-refractivity contribution in [3.05, 3.63) is 65.0 Å². The molecule has 0 amide bonds. The Morgan fingerprint density at radius 2 is 1.89 bits per heavy atom. The molecule has 4 nitrogen and oxygen atoms in total. The molecule has 0 radical (unpaired) electrons. The molecule has 28 heavy (non-hydrogen) atoms. The summed E-state index contributed by atoms with van der Waals surface area (Å²) in [6.07, 6.45) is 0.804. The van der Waals surface area contributed by atoms with E-state index in [1.807, 2.05) is 6.07 Å². The van der Waals surface area contributed by atoms with Gasteiger partial charge in [-0.15, -0.1) is 0 Å². The molecule has 0 aliphatic heterocycles. The molecule has 5 heteroatoms. The van der Waals surface area contributed by atoms with Crippen LogP contribution in [-0.2, 0) is 13.0 Å². The third-order valence-corrected chi connectivity index (χ3v) is 5.03. The predicted molar refractivity (Wildman–Crippen MR) is 117 cm³/mol. The Bertz CT molecular complexity index is 955. The number of hydrogen-bond donors (Lipinski definition) is 2. The highest BCUT2D eigenvalue weighted by atomic mass is 19.1. The Kier molecular flexibility index (Phi) is 6.47. The van der Waals surface area contributed by atoms with Gasteiger partial charge in [0.25, 0.3) is 0 Å². The highest BCUT2D eigenvalue weighted by Crippen LogP contribution is 2.29. The van der Waals surface area contributed by atoms with Crippen LogP contribution in [0.15, 0.2) is 42.5 Å². The van der Waals surface area contributed by atoms with Crippen LogP contribution < -0.4 is 16.0 Å². The third-order valence-electron chi connectivity index (χ3n) is 5.03. The largest absolute Gasteiger partial charge is 0.383 e. The lowest BCUT2D eigenvalue weighted by Gasteiger charge is -2.25. The van der Waals surface area contributed by atoms with Crippen molar-refractivity contribution in [2.24, 2.45) is 5.73 Å². The molecule has 148 valence electrons. The number of fused-ring (bicyclic) bond motifs is 1. The molecule has 0 aliphatic rings. The maximum atomic E-state index is 13.6. The zero-order chi connectivity index (χ0) is 20.1. The quantitative estimate of drug-likeness (QED) is 0.598. The van der Waals surface area contributed by atoms with Crippen LogP contribution in [0.3, 0.4) is 0 Å². The van der Waals surface area contributed by atoms with Crippen molar-refractivity contribution >= 4 is 22.4 Å². The van der Waals surface area contributed by atoms with Gasteiger partial charge in [0.05, 0.1) is 5.52 Å². The first kappa shape index (κ1) is 20.1. The molecule has 1 aromatic heterocycles. The van der Waals surface area contributed by atoms with Gasteiger partial charge in [0.2, 0.25) is 0 Å². The van der Waals surface area contributed by atoms with E-state index < -0.39 is 0 Å². The first-order valence-electron chi connectivity index (χ1n) is 9.93. The van der Waals surface area contributed by atoms with Crippen LogP contribution in [0.5, 0.6) is 0 Å². The van der Waals surface area contributed by atoms with Gasteiger partial charge in [0.1, 0.15) is 11.6 Å². The number of rotatable bonds is 8. The molecule has 0 saturated carbocycles. The van der Waals surface area contributed by atoms with E-state index in [1.54, 1.807) is 6.07 Å². The van der Waals surface area contributed by atoms with Crippen LogP contribution >= 0.6 is 0 Å². The van der Waals surface area contributed by atoms with Crippen molar-refractivity contribution in [2.45, 2.75) is 33.7 Å². The average Bonchev–Trinajstić information content (AvgIpc) is 2.70. The molecule has 1 heterocycles. The number of nitrogens with one attached hydrogen (secondary N) is 1. The SMILES string of the molecule is CCc1cc(F)ccc1CN(CC)c1cc(NCCN)c2cc(C)ccc2n1. The number of benzene rings is 2. The molecule has 0 fully saturated rings. The Labute approximate surface area is 166 Å². The fourth-order valence-corrected chi connectivity index (χ4v) is 3.48. The summed E-state index contributed by atoms with van der Waals surface area (Å²) in [6, 6.07) is 13.4. The van der Waals surface area contributed by atoms with E-state index in [0.29, 0.717) is 19.6 Å². The molecule has 0 unspecified atom stereocenters. The molecule has 3 aromatic rings. The fraction of sp³-hybridized carbons (Fsp3) is 0.348. The predicted octanol–water partition coefficient (Wildman–Crippen LogP) is 4.64. The monoisotopic (exact) mass is 380 g/mol. The van der Waals surface area contributed by atoms with Gasteiger partial charge >= 0.3 is 0 Å². The second-order valence-corrected chi connectivity index (χ2v) is 7.04. The molecule has 3 N–H and O–H groups in total. The van der Waals surface area contributed by atoms with Crippen molar-refractivity contribution in [3.63, 3.8) is 0 Å². The van der Waals surface area contributed by atoms with Crippen molar-refractivity contribution in [3.8, 4) is 0 Å². The van der Waals surface area contributed by atoms with Crippen molar-refractivity contribution in [1.29, 1.82) is 0 Å². The van der Waals surface area contributed by atoms with Crippen LogP contribution in [0.2, 0.25) is 0 Å². The second kappa shape index (κ2) is 9.02. The number of halogens is 1. The van der Waals surface area contributed by atoms with Gasteiger partial charge in [-0.05, 0) is 55.7 Å². The molecule has 0 aliphatic carbocycles. The third kappa shape index (κ3) is 4.42. The lowest BCUT2D eigenvalue weighted by atomic mass is 10.0. The summed E-state index contributed by atoms with van der Waals surface area (Å²) in [5, 5.41) is 4.54. The van der Waals surface area contributed by atoms with E-state index in [-0.39, 0.29) is 5.82 Å². The summed E-state index contributed by atoms with van der Waals surface area (Å²) >= 11 is 0. The number of pyridine rings is 1. The summed E-state index contributed by atoms with van der Waals surface area (Å²) in [6.45, 7) is 9.03. The molecule has 0 atom stereocenters. The molecular weight excluding hydrogens is 351 g/mol. The van der Waals surface area contributed by atoms with Gasteiger partial charge in [0.15, 0.2) is 0 Å². The maximum absolute atomic E-state index is 13.6.